The highest BCUT2D eigenvalue weighted by atomic mass is 16.6. The lowest BCUT2D eigenvalue weighted by Gasteiger charge is -2.30. The molecule has 2 bridgehead atoms. The molecule has 0 saturated carbocycles. The van der Waals surface area contributed by atoms with Crippen LogP contribution in [0.15, 0.2) is 237 Å². The molecule has 0 radical (unpaired) electrons. The highest BCUT2D eigenvalue weighted by molar-refractivity contribution is 5.74. The molecule has 9 aromatic rings. The average molecular weight is 923 g/mol. The van der Waals surface area contributed by atoms with Crippen molar-refractivity contribution in [2.45, 2.75) is 37.6 Å². The van der Waals surface area contributed by atoms with Crippen LogP contribution in [-0.4, -0.2) is 31.5 Å². The Labute approximate surface area is 410 Å². The fraction of sp³-hybridized carbons (Fsp3) is 0.159. The molecule has 0 saturated heterocycles. The molecular weight excluding hydrogens is 867 g/mol. The molecule has 10 rings (SSSR count). The number of ether oxygens (including phenoxy) is 5. The number of rotatable bonds is 8. The van der Waals surface area contributed by atoms with Crippen molar-refractivity contribution >= 4 is 0 Å². The fourth-order valence-corrected chi connectivity index (χ4v) is 9.34. The third kappa shape index (κ3) is 10.9. The van der Waals surface area contributed by atoms with Crippen LogP contribution in [0.5, 0.6) is 5.75 Å². The summed E-state index contributed by atoms with van der Waals surface area (Å²) >= 11 is 0. The second-order valence-electron chi connectivity index (χ2n) is 17.4. The Balaban J connectivity index is 1.18. The zero-order valence-corrected chi connectivity index (χ0v) is 39.0. The van der Waals surface area contributed by atoms with E-state index in [0.29, 0.717) is 37.6 Å². The van der Waals surface area contributed by atoms with Gasteiger partial charge in [-0.15, -0.1) is 0 Å². The molecular formula is C63H56NO6+. The summed E-state index contributed by atoms with van der Waals surface area (Å²) < 4.78 is 36.3. The Kier molecular flexibility index (Phi) is 15.0. The Bertz CT molecular complexity index is 2850. The van der Waals surface area contributed by atoms with E-state index in [2.05, 4.69) is 150 Å². The first-order valence-electron chi connectivity index (χ1n) is 24.0. The minimum atomic E-state index is -0.555. The standard InChI is InChI=1S/C63H55NO6/c65-59-54-40-56(64-57(47-24-10-2-11-25-47)42-53(46-22-8-1-9-23-46)43-58(64)48-26-12-3-13-27-48)41-55(59)45-70-63(52-34-20-7-21-35-52)61(50-30-16-5-17-31-50)68-39-37-66-36-38-67-60(49-28-14-4-15-29-49)62(69-44-54)51-32-18-6-19-33-51/h1-35,40-43,60-63H,36-39,44-45H2/p+1/t60-,61-,62-,63-/m0/s1. The lowest BCUT2D eigenvalue weighted by atomic mass is 9.97. The van der Waals surface area contributed by atoms with E-state index in [-0.39, 0.29) is 19.0 Å². The number of aromatic hydroxyl groups is 1. The topological polar surface area (TPSA) is 70.3 Å². The lowest BCUT2D eigenvalue weighted by molar-refractivity contribution is -0.572. The Morgan fingerprint density at radius 3 is 1.00 bits per heavy atom. The second kappa shape index (κ2) is 22.7. The number of phenolic OH excluding ortho intramolecular Hbond substituents is 1. The highest BCUT2D eigenvalue weighted by Crippen LogP contribution is 2.41. The van der Waals surface area contributed by atoms with E-state index in [4.69, 9.17) is 23.7 Å². The van der Waals surface area contributed by atoms with Crippen molar-refractivity contribution in [2.24, 2.45) is 0 Å². The first-order chi connectivity index (χ1) is 34.7. The number of hydrogen-bond donors (Lipinski definition) is 1. The van der Waals surface area contributed by atoms with Gasteiger partial charge in [0, 0.05) is 46.5 Å². The van der Waals surface area contributed by atoms with Crippen molar-refractivity contribution in [3.05, 3.63) is 270 Å². The Hall–Kier alpha value is -7.49. The minimum absolute atomic E-state index is 0.0529. The SMILES string of the molecule is Oc1c2cc(-[n+]3c(-c4ccccc4)cc(-c4ccccc4)cc3-c3ccccc3)cc1CO[C@@H](c1ccccc1)[C@H](c1ccccc1)OCCOCCO[C@@H](c1ccccc1)[C@H](c1ccccc1)OC2. The number of phenols is 1. The maximum absolute atomic E-state index is 12.7. The molecule has 1 N–H and O–H groups in total. The number of benzene rings is 8. The summed E-state index contributed by atoms with van der Waals surface area (Å²) in [7, 11) is 0. The van der Waals surface area contributed by atoms with Gasteiger partial charge < -0.3 is 28.8 Å². The second-order valence-corrected chi connectivity index (χ2v) is 17.4. The molecule has 2 heterocycles. The molecule has 0 aliphatic carbocycles. The van der Waals surface area contributed by atoms with Crippen LogP contribution in [0.1, 0.15) is 57.8 Å². The van der Waals surface area contributed by atoms with Crippen LogP contribution in [0.25, 0.3) is 39.3 Å². The van der Waals surface area contributed by atoms with Gasteiger partial charge in [0.1, 0.15) is 30.2 Å². The van der Waals surface area contributed by atoms with Crippen molar-refractivity contribution in [1.29, 1.82) is 0 Å². The van der Waals surface area contributed by atoms with Crippen LogP contribution < -0.4 is 4.57 Å². The maximum atomic E-state index is 12.7. The van der Waals surface area contributed by atoms with E-state index >= 15 is 0 Å². The Morgan fingerprint density at radius 1 is 0.329 bits per heavy atom. The third-order valence-electron chi connectivity index (χ3n) is 12.8. The predicted octanol–water partition coefficient (Wildman–Crippen LogP) is 13.7. The van der Waals surface area contributed by atoms with Crippen molar-refractivity contribution in [2.75, 3.05) is 26.4 Å². The lowest BCUT2D eigenvalue weighted by Crippen LogP contribution is -2.37. The van der Waals surface area contributed by atoms with Crippen molar-refractivity contribution < 1.29 is 33.4 Å². The van der Waals surface area contributed by atoms with Crippen LogP contribution in [-0.2, 0) is 36.9 Å². The molecule has 0 amide bonds. The molecule has 0 spiro atoms. The molecule has 348 valence electrons. The van der Waals surface area contributed by atoms with Gasteiger partial charge in [0.15, 0.2) is 0 Å². The van der Waals surface area contributed by atoms with Crippen LogP contribution in [0.3, 0.4) is 0 Å². The van der Waals surface area contributed by atoms with E-state index in [0.717, 1.165) is 61.6 Å². The number of hydrogen-bond acceptors (Lipinski definition) is 6. The molecule has 1 aliphatic heterocycles. The number of fused-ring (bicyclic) bond motifs is 2. The number of pyridine rings is 1. The van der Waals surface area contributed by atoms with Gasteiger partial charge in [0.05, 0.1) is 39.6 Å². The third-order valence-corrected chi connectivity index (χ3v) is 12.8. The fourth-order valence-electron chi connectivity index (χ4n) is 9.34. The van der Waals surface area contributed by atoms with Crippen molar-refractivity contribution in [1.82, 2.24) is 0 Å². The van der Waals surface area contributed by atoms with Crippen molar-refractivity contribution in [3.63, 3.8) is 0 Å². The van der Waals surface area contributed by atoms with Crippen LogP contribution >= 0.6 is 0 Å². The number of aromatic nitrogens is 1. The largest absolute Gasteiger partial charge is 0.507 e. The first-order valence-corrected chi connectivity index (χ1v) is 24.0. The molecule has 0 unspecified atom stereocenters. The zero-order chi connectivity index (χ0) is 47.3. The van der Waals surface area contributed by atoms with Gasteiger partial charge in [-0.25, -0.2) is 0 Å². The summed E-state index contributed by atoms with van der Waals surface area (Å²) in [6.45, 7) is 1.43. The van der Waals surface area contributed by atoms with Crippen LogP contribution in [0.2, 0.25) is 0 Å². The van der Waals surface area contributed by atoms with Crippen LogP contribution in [0.4, 0.5) is 0 Å². The van der Waals surface area contributed by atoms with Crippen LogP contribution in [0, 0.1) is 0 Å². The summed E-state index contributed by atoms with van der Waals surface area (Å²) in [4.78, 5) is 0. The van der Waals surface area contributed by atoms with Gasteiger partial charge in [-0.1, -0.05) is 188 Å². The smallest absolute Gasteiger partial charge is 0.219 e. The zero-order valence-electron chi connectivity index (χ0n) is 39.0. The summed E-state index contributed by atoms with van der Waals surface area (Å²) in [5, 5.41) is 12.7. The van der Waals surface area contributed by atoms with Gasteiger partial charge in [-0.2, -0.15) is 4.57 Å². The van der Waals surface area contributed by atoms with Gasteiger partial charge in [-0.3, -0.25) is 0 Å². The van der Waals surface area contributed by atoms with E-state index < -0.39 is 24.4 Å². The molecule has 70 heavy (non-hydrogen) atoms. The van der Waals surface area contributed by atoms with Gasteiger partial charge in [0.2, 0.25) is 17.1 Å². The Morgan fingerprint density at radius 2 is 0.643 bits per heavy atom. The minimum Gasteiger partial charge on any atom is -0.507 e. The molecule has 1 aliphatic rings. The molecule has 1 aromatic heterocycles. The maximum Gasteiger partial charge on any atom is 0.219 e. The molecule has 4 atom stereocenters. The van der Waals surface area contributed by atoms with E-state index in [1.54, 1.807) is 0 Å². The van der Waals surface area contributed by atoms with Gasteiger partial charge in [0.25, 0.3) is 0 Å². The summed E-state index contributed by atoms with van der Waals surface area (Å²) in [5.74, 6) is 0.0928. The summed E-state index contributed by atoms with van der Waals surface area (Å²) in [6.07, 6.45) is -2.11. The quantitative estimate of drug-likeness (QED) is 0.153. The highest BCUT2D eigenvalue weighted by Gasteiger charge is 2.32. The average Bonchev–Trinajstić information content (AvgIpc) is 3.43. The first kappa shape index (κ1) is 46.2. The number of nitrogens with zero attached hydrogens (tertiary/aromatic N) is 1. The normalized spacial score (nSPS) is 18.3. The molecule has 0 fully saturated rings. The monoisotopic (exact) mass is 922 g/mol. The van der Waals surface area contributed by atoms with Gasteiger partial charge in [-0.05, 0) is 57.6 Å². The van der Waals surface area contributed by atoms with Gasteiger partial charge >= 0.3 is 0 Å². The molecule has 7 heteroatoms. The summed E-state index contributed by atoms with van der Waals surface area (Å²) in [5.41, 5.74) is 12.0. The molecule has 7 nitrogen and oxygen atoms in total. The van der Waals surface area contributed by atoms with Crippen molar-refractivity contribution in [3.8, 4) is 45.1 Å². The van der Waals surface area contributed by atoms with E-state index in [1.165, 1.54) is 0 Å². The predicted molar refractivity (Wildman–Crippen MR) is 275 cm³/mol. The molecule has 8 aromatic carbocycles. The van der Waals surface area contributed by atoms with E-state index in [1.807, 2.05) is 91.0 Å². The van der Waals surface area contributed by atoms with E-state index in [9.17, 15) is 5.11 Å². The summed E-state index contributed by atoms with van der Waals surface area (Å²) in [6, 6.07) is 80.7.